The van der Waals surface area contributed by atoms with Gasteiger partial charge in [-0.15, -0.1) is 11.3 Å². The fourth-order valence-electron chi connectivity index (χ4n) is 3.11. The van der Waals surface area contributed by atoms with Crippen molar-refractivity contribution < 1.29 is 9.47 Å². The van der Waals surface area contributed by atoms with Gasteiger partial charge in [0.1, 0.15) is 30.4 Å². The van der Waals surface area contributed by atoms with Gasteiger partial charge in [0.05, 0.1) is 4.88 Å². The summed E-state index contributed by atoms with van der Waals surface area (Å²) in [5, 5.41) is 5.60. The lowest BCUT2D eigenvalue weighted by atomic mass is 10.2. The Labute approximate surface area is 154 Å². The summed E-state index contributed by atoms with van der Waals surface area (Å²) in [6, 6.07) is 14.2. The molecule has 0 atom stereocenters. The highest BCUT2D eigenvalue weighted by molar-refractivity contribution is 7.13. The molecule has 0 saturated heterocycles. The third kappa shape index (κ3) is 2.59. The highest BCUT2D eigenvalue weighted by Gasteiger charge is 2.17. The van der Waals surface area contributed by atoms with Gasteiger partial charge >= 0.3 is 0 Å². The van der Waals surface area contributed by atoms with Gasteiger partial charge in [0.15, 0.2) is 11.5 Å². The van der Waals surface area contributed by atoms with E-state index in [2.05, 4.69) is 40.4 Å². The normalized spacial score (nSPS) is 13.1. The van der Waals surface area contributed by atoms with E-state index in [0.717, 1.165) is 39.2 Å². The van der Waals surface area contributed by atoms with E-state index in [1.54, 1.807) is 11.3 Å². The predicted molar refractivity (Wildman–Crippen MR) is 104 cm³/mol. The average Bonchev–Trinajstić information content (AvgIpc) is 3.30. The maximum Gasteiger partial charge on any atom is 0.163 e. The van der Waals surface area contributed by atoms with E-state index >= 15 is 0 Å². The highest BCUT2D eigenvalue weighted by atomic mass is 32.1. The summed E-state index contributed by atoms with van der Waals surface area (Å²) in [6.45, 7) is 3.25. The summed E-state index contributed by atoms with van der Waals surface area (Å²) in [5.74, 6) is 2.50. The molecule has 1 aliphatic rings. The number of fused-ring (bicyclic) bond motifs is 2. The first kappa shape index (κ1) is 15.3. The molecule has 5 nitrogen and oxygen atoms in total. The van der Waals surface area contributed by atoms with Crippen LogP contribution in [0.5, 0.6) is 11.5 Å². The van der Waals surface area contributed by atoms with Crippen LogP contribution in [-0.2, 0) is 0 Å². The lowest BCUT2D eigenvalue weighted by Crippen LogP contribution is -2.15. The SMILES string of the molecule is Cc1ccc2nc(-c3cccs3)c(Nc3ccc4c(c3)OCCO4)n2c1. The number of imidazole rings is 1. The van der Waals surface area contributed by atoms with Gasteiger partial charge in [-0.25, -0.2) is 4.98 Å². The van der Waals surface area contributed by atoms with Crippen molar-refractivity contribution in [2.75, 3.05) is 18.5 Å². The first-order valence-corrected chi connectivity index (χ1v) is 9.35. The third-order valence-corrected chi connectivity index (χ3v) is 5.20. The zero-order valence-electron chi connectivity index (χ0n) is 14.2. The van der Waals surface area contributed by atoms with Gasteiger partial charge < -0.3 is 14.8 Å². The Kier molecular flexibility index (Phi) is 3.57. The molecule has 0 unspecified atom stereocenters. The number of anilines is 2. The number of aromatic nitrogens is 2. The van der Waals surface area contributed by atoms with Crippen molar-refractivity contribution in [2.24, 2.45) is 0 Å². The molecule has 26 heavy (non-hydrogen) atoms. The van der Waals surface area contributed by atoms with Gasteiger partial charge in [0.25, 0.3) is 0 Å². The molecule has 0 amide bonds. The number of ether oxygens (including phenoxy) is 2. The first-order valence-electron chi connectivity index (χ1n) is 8.47. The van der Waals surface area contributed by atoms with Crippen LogP contribution >= 0.6 is 11.3 Å². The molecule has 130 valence electrons. The van der Waals surface area contributed by atoms with Crippen molar-refractivity contribution in [2.45, 2.75) is 6.92 Å². The van der Waals surface area contributed by atoms with Gasteiger partial charge in [-0.2, -0.15) is 0 Å². The van der Waals surface area contributed by atoms with Crippen molar-refractivity contribution in [1.29, 1.82) is 0 Å². The number of nitrogens with zero attached hydrogens (tertiary/aromatic N) is 2. The largest absolute Gasteiger partial charge is 0.486 e. The van der Waals surface area contributed by atoms with Crippen LogP contribution in [0.15, 0.2) is 54.0 Å². The number of hydrogen-bond donors (Lipinski definition) is 1. The van der Waals surface area contributed by atoms with Crippen molar-refractivity contribution in [3.63, 3.8) is 0 Å². The van der Waals surface area contributed by atoms with Crippen molar-refractivity contribution in [3.8, 4) is 22.1 Å². The summed E-state index contributed by atoms with van der Waals surface area (Å²) in [4.78, 5) is 5.97. The lowest BCUT2D eigenvalue weighted by molar-refractivity contribution is 0.171. The second kappa shape index (κ2) is 6.07. The van der Waals surface area contributed by atoms with Gasteiger partial charge in [-0.1, -0.05) is 12.1 Å². The molecular weight excluding hydrogens is 346 g/mol. The minimum Gasteiger partial charge on any atom is -0.486 e. The van der Waals surface area contributed by atoms with E-state index in [1.165, 1.54) is 5.56 Å². The van der Waals surface area contributed by atoms with Gasteiger partial charge in [-0.3, -0.25) is 4.40 Å². The van der Waals surface area contributed by atoms with Crippen LogP contribution in [0, 0.1) is 6.92 Å². The summed E-state index contributed by atoms with van der Waals surface area (Å²) in [5.41, 5.74) is 3.98. The molecule has 1 aromatic carbocycles. The van der Waals surface area contributed by atoms with Crippen molar-refractivity contribution in [1.82, 2.24) is 9.38 Å². The minimum absolute atomic E-state index is 0.575. The Morgan fingerprint density at radius 2 is 1.96 bits per heavy atom. The zero-order valence-corrected chi connectivity index (χ0v) is 15.0. The average molecular weight is 363 g/mol. The Hall–Kier alpha value is -2.99. The molecule has 0 radical (unpaired) electrons. The van der Waals surface area contributed by atoms with Crippen molar-refractivity contribution in [3.05, 3.63) is 59.6 Å². The second-order valence-electron chi connectivity index (χ2n) is 6.20. The summed E-state index contributed by atoms with van der Waals surface area (Å²) >= 11 is 1.68. The maximum absolute atomic E-state index is 5.71. The second-order valence-corrected chi connectivity index (χ2v) is 7.15. The van der Waals surface area contributed by atoms with Crippen LogP contribution in [0.4, 0.5) is 11.5 Å². The smallest absolute Gasteiger partial charge is 0.163 e. The van der Waals surface area contributed by atoms with E-state index in [9.17, 15) is 0 Å². The summed E-state index contributed by atoms with van der Waals surface area (Å²) < 4.78 is 13.4. The van der Waals surface area contributed by atoms with Crippen LogP contribution in [0.2, 0.25) is 0 Å². The molecule has 4 heterocycles. The molecular formula is C20H17N3O2S. The molecule has 1 aliphatic heterocycles. The van der Waals surface area contributed by atoms with Crippen LogP contribution in [0.1, 0.15) is 5.56 Å². The molecule has 0 fully saturated rings. The molecule has 5 rings (SSSR count). The monoisotopic (exact) mass is 363 g/mol. The molecule has 1 N–H and O–H groups in total. The fourth-order valence-corrected chi connectivity index (χ4v) is 3.83. The number of aryl methyl sites for hydroxylation is 1. The Morgan fingerprint density at radius 1 is 1.08 bits per heavy atom. The molecule has 4 aromatic rings. The Balaban J connectivity index is 1.63. The fraction of sp³-hybridized carbons (Fsp3) is 0.150. The highest BCUT2D eigenvalue weighted by Crippen LogP contribution is 2.37. The van der Waals surface area contributed by atoms with E-state index in [4.69, 9.17) is 14.5 Å². The summed E-state index contributed by atoms with van der Waals surface area (Å²) in [6.07, 6.45) is 2.10. The first-order chi connectivity index (χ1) is 12.8. The molecule has 0 bridgehead atoms. The van der Waals surface area contributed by atoms with Crippen LogP contribution < -0.4 is 14.8 Å². The number of benzene rings is 1. The topological polar surface area (TPSA) is 47.8 Å². The Morgan fingerprint density at radius 3 is 2.81 bits per heavy atom. The molecule has 0 aliphatic carbocycles. The molecule has 0 spiro atoms. The molecule has 3 aromatic heterocycles. The van der Waals surface area contributed by atoms with Gasteiger partial charge in [0.2, 0.25) is 0 Å². The number of hydrogen-bond acceptors (Lipinski definition) is 5. The standard InChI is InChI=1S/C20H17N3O2S/c1-13-4-7-18-22-19(17-3-2-10-26-17)20(23(18)12-13)21-14-5-6-15-16(11-14)25-9-8-24-15/h2-7,10-12,21H,8-9H2,1H3. The minimum atomic E-state index is 0.575. The van der Waals surface area contributed by atoms with Crippen LogP contribution in [-0.4, -0.2) is 22.6 Å². The zero-order chi connectivity index (χ0) is 17.5. The lowest BCUT2D eigenvalue weighted by Gasteiger charge is -2.19. The van der Waals surface area contributed by atoms with E-state index in [1.807, 2.05) is 30.3 Å². The molecule has 6 heteroatoms. The number of nitrogens with one attached hydrogen (secondary N) is 1. The van der Waals surface area contributed by atoms with Crippen LogP contribution in [0.3, 0.4) is 0 Å². The summed E-state index contributed by atoms with van der Waals surface area (Å²) in [7, 11) is 0. The molecule has 0 saturated carbocycles. The van der Waals surface area contributed by atoms with Crippen molar-refractivity contribution >= 4 is 28.5 Å². The quantitative estimate of drug-likeness (QED) is 0.563. The predicted octanol–water partition coefficient (Wildman–Crippen LogP) is 4.89. The van der Waals surface area contributed by atoms with E-state index in [0.29, 0.717) is 13.2 Å². The van der Waals surface area contributed by atoms with Gasteiger partial charge in [-0.05, 0) is 42.1 Å². The maximum atomic E-state index is 5.71. The van der Waals surface area contributed by atoms with Gasteiger partial charge in [0, 0.05) is 18.0 Å². The third-order valence-electron chi connectivity index (χ3n) is 4.33. The van der Waals surface area contributed by atoms with E-state index in [-0.39, 0.29) is 0 Å². The van der Waals surface area contributed by atoms with E-state index < -0.39 is 0 Å². The number of rotatable bonds is 3. The Bertz CT molecular complexity index is 1090. The van der Waals surface area contributed by atoms with Crippen LogP contribution in [0.25, 0.3) is 16.2 Å². The number of pyridine rings is 1. The number of thiophene rings is 1.